The third-order valence-electron chi connectivity index (χ3n) is 6.12. The number of quaternary nitrogens is 1. The Morgan fingerprint density at radius 3 is 2.51 bits per heavy atom. The van der Waals surface area contributed by atoms with Crippen LogP contribution in [0.2, 0.25) is 5.15 Å². The van der Waals surface area contributed by atoms with Crippen molar-refractivity contribution in [2.75, 3.05) is 27.2 Å². The fourth-order valence-electron chi connectivity index (χ4n) is 4.20. The monoisotopic (exact) mass is 520 g/mol. The maximum absolute atomic E-state index is 13.8. The molecule has 192 valence electrons. The number of hydroxylamine groups is 3. The molecule has 0 aliphatic carbocycles. The second kappa shape index (κ2) is 11.2. The van der Waals surface area contributed by atoms with E-state index in [0.29, 0.717) is 28.8 Å². The predicted octanol–water partition coefficient (Wildman–Crippen LogP) is 4.06. The number of carbonyl (C=O) groups is 1. The highest BCUT2D eigenvalue weighted by atomic mass is 35.5. The Bertz CT molecular complexity index is 1430. The van der Waals surface area contributed by atoms with Crippen LogP contribution >= 0.6 is 11.6 Å². The van der Waals surface area contributed by atoms with Crippen LogP contribution in [0.1, 0.15) is 41.1 Å². The summed E-state index contributed by atoms with van der Waals surface area (Å²) < 4.78 is 1.02. The molecule has 3 heterocycles. The van der Waals surface area contributed by atoms with Gasteiger partial charge in [-0.1, -0.05) is 48.9 Å². The van der Waals surface area contributed by atoms with Crippen molar-refractivity contribution in [1.82, 2.24) is 24.4 Å². The number of fused-ring (bicyclic) bond motifs is 1. The highest BCUT2D eigenvalue weighted by Gasteiger charge is 2.30. The van der Waals surface area contributed by atoms with E-state index in [2.05, 4.69) is 9.97 Å². The number of aromatic nitrogens is 4. The molecule has 1 unspecified atom stereocenters. The smallest absolute Gasteiger partial charge is 0.263 e. The molecule has 4 rings (SSSR count). The van der Waals surface area contributed by atoms with Crippen molar-refractivity contribution < 1.29 is 9.44 Å². The Labute approximate surface area is 220 Å². The van der Waals surface area contributed by atoms with E-state index in [9.17, 15) is 14.8 Å². The van der Waals surface area contributed by atoms with E-state index in [-0.39, 0.29) is 36.3 Å². The molecule has 4 aromatic rings. The lowest BCUT2D eigenvalue weighted by atomic mass is 10.1. The highest BCUT2D eigenvalue weighted by molar-refractivity contribution is 6.29. The second-order valence-electron chi connectivity index (χ2n) is 9.31. The number of hydrogen-bond acceptors (Lipinski definition) is 6. The Morgan fingerprint density at radius 1 is 1.11 bits per heavy atom. The Balaban J connectivity index is 1.87. The topological polar surface area (TPSA) is 104 Å². The van der Waals surface area contributed by atoms with E-state index in [1.165, 1.54) is 20.3 Å². The van der Waals surface area contributed by atoms with Crippen LogP contribution in [0, 0.1) is 5.21 Å². The molecule has 0 saturated heterocycles. The van der Waals surface area contributed by atoms with Crippen LogP contribution in [0.3, 0.4) is 0 Å². The quantitative estimate of drug-likeness (QED) is 0.187. The van der Waals surface area contributed by atoms with Crippen molar-refractivity contribution in [3.05, 3.63) is 105 Å². The first-order chi connectivity index (χ1) is 17.7. The number of pyridine rings is 2. The molecule has 9 nitrogen and oxygen atoms in total. The van der Waals surface area contributed by atoms with Crippen molar-refractivity contribution in [1.29, 1.82) is 0 Å². The minimum Gasteiger partial charge on any atom is -0.633 e. The van der Waals surface area contributed by atoms with Crippen LogP contribution < -0.4 is 5.56 Å². The van der Waals surface area contributed by atoms with Gasteiger partial charge in [-0.3, -0.25) is 14.2 Å². The van der Waals surface area contributed by atoms with Gasteiger partial charge in [0.15, 0.2) is 5.65 Å². The molecular weight excluding hydrogens is 492 g/mol. The summed E-state index contributed by atoms with van der Waals surface area (Å²) in [7, 11) is 3.05. The van der Waals surface area contributed by atoms with Crippen molar-refractivity contribution in [3.63, 3.8) is 0 Å². The number of carbonyl (C=O) groups excluding carboxylic acids is 1. The van der Waals surface area contributed by atoms with Crippen LogP contribution in [-0.2, 0) is 6.54 Å². The average Bonchev–Trinajstić information content (AvgIpc) is 2.88. The maximum atomic E-state index is 13.8. The van der Waals surface area contributed by atoms with Crippen molar-refractivity contribution in [2.45, 2.75) is 25.9 Å². The lowest BCUT2D eigenvalue weighted by Crippen LogP contribution is -2.45. The summed E-state index contributed by atoms with van der Waals surface area (Å²) in [6.45, 7) is 2.50. The van der Waals surface area contributed by atoms with Gasteiger partial charge in [-0.2, -0.15) is 0 Å². The van der Waals surface area contributed by atoms with Gasteiger partial charge >= 0.3 is 0 Å². The van der Waals surface area contributed by atoms with E-state index in [4.69, 9.17) is 16.6 Å². The fourth-order valence-corrected chi connectivity index (χ4v) is 4.31. The van der Waals surface area contributed by atoms with Gasteiger partial charge in [0.05, 0.1) is 50.7 Å². The normalized spacial score (nSPS) is 12.5. The summed E-state index contributed by atoms with van der Waals surface area (Å²) in [6.07, 6.45) is 3.45. The SMILES string of the molecule is CCC(c1nc2ncccc2c(=O)n1Cc1ccccc1)N(CC[N+](C)(C)[O-])C(=O)c1ccc(Cl)nc1. The van der Waals surface area contributed by atoms with Gasteiger partial charge < -0.3 is 14.8 Å². The fraction of sp³-hybridized carbons (Fsp3) is 0.296. The molecule has 1 aromatic carbocycles. The summed E-state index contributed by atoms with van der Waals surface area (Å²) >= 11 is 5.94. The van der Waals surface area contributed by atoms with Crippen LogP contribution in [0.15, 0.2) is 71.8 Å². The second-order valence-corrected chi connectivity index (χ2v) is 9.70. The molecule has 37 heavy (non-hydrogen) atoms. The van der Waals surface area contributed by atoms with Gasteiger partial charge in [0.2, 0.25) is 0 Å². The third-order valence-corrected chi connectivity index (χ3v) is 6.34. The minimum absolute atomic E-state index is 0.151. The first kappa shape index (κ1) is 26.4. The first-order valence-corrected chi connectivity index (χ1v) is 12.4. The molecule has 0 bridgehead atoms. The molecule has 0 saturated carbocycles. The summed E-state index contributed by atoms with van der Waals surface area (Å²) in [5, 5.41) is 13.2. The van der Waals surface area contributed by atoms with Crippen LogP contribution in [0.4, 0.5) is 0 Å². The summed E-state index contributed by atoms with van der Waals surface area (Å²) in [5.41, 5.74) is 1.32. The Morgan fingerprint density at radius 2 is 1.86 bits per heavy atom. The molecule has 1 amide bonds. The molecule has 0 aliphatic heterocycles. The number of halogens is 1. The molecular formula is C27H29ClN6O3. The third kappa shape index (κ3) is 6.19. The van der Waals surface area contributed by atoms with Gasteiger partial charge in [-0.05, 0) is 36.2 Å². The van der Waals surface area contributed by atoms with E-state index >= 15 is 0 Å². The van der Waals surface area contributed by atoms with E-state index in [1.54, 1.807) is 39.9 Å². The largest absolute Gasteiger partial charge is 0.633 e. The lowest BCUT2D eigenvalue weighted by molar-refractivity contribution is -0.839. The molecule has 1 atom stereocenters. The predicted molar refractivity (Wildman–Crippen MR) is 143 cm³/mol. The van der Waals surface area contributed by atoms with Crippen molar-refractivity contribution in [2.24, 2.45) is 0 Å². The standard InChI is InChI=1S/C27H29ClN6O3/c1-4-22(32(15-16-34(2,3)37)26(35)20-12-13-23(28)30-17-20)25-31-24-21(11-8-14-29-24)27(36)33(25)18-19-9-6-5-7-10-19/h5-14,17,22H,4,15-16,18H2,1-3H3. The number of benzene rings is 1. The Kier molecular flexibility index (Phi) is 7.97. The molecule has 0 radical (unpaired) electrons. The molecule has 0 spiro atoms. The number of hydrogen-bond donors (Lipinski definition) is 0. The molecule has 3 aromatic heterocycles. The van der Waals surface area contributed by atoms with Crippen molar-refractivity contribution in [3.8, 4) is 0 Å². The van der Waals surface area contributed by atoms with E-state index in [1.807, 2.05) is 37.3 Å². The van der Waals surface area contributed by atoms with Crippen LogP contribution in [0.5, 0.6) is 0 Å². The maximum Gasteiger partial charge on any atom is 0.263 e. The average molecular weight is 521 g/mol. The van der Waals surface area contributed by atoms with Gasteiger partial charge in [0.1, 0.15) is 11.0 Å². The molecule has 0 aliphatic rings. The van der Waals surface area contributed by atoms with E-state index < -0.39 is 10.7 Å². The zero-order valence-electron chi connectivity index (χ0n) is 21.0. The number of likely N-dealkylation sites (N-methyl/N-ethyl adjacent to an activating group) is 1. The van der Waals surface area contributed by atoms with Gasteiger partial charge in [0.25, 0.3) is 11.5 Å². The van der Waals surface area contributed by atoms with Gasteiger partial charge in [-0.15, -0.1) is 0 Å². The zero-order valence-corrected chi connectivity index (χ0v) is 21.8. The number of amides is 1. The van der Waals surface area contributed by atoms with Crippen molar-refractivity contribution >= 4 is 28.5 Å². The lowest BCUT2D eigenvalue weighted by Gasteiger charge is -2.38. The Hall–Kier alpha value is -3.66. The van der Waals surface area contributed by atoms with Crippen LogP contribution in [-0.4, -0.2) is 62.2 Å². The zero-order chi connectivity index (χ0) is 26.6. The van der Waals surface area contributed by atoms with Gasteiger partial charge in [0, 0.05) is 12.4 Å². The van der Waals surface area contributed by atoms with E-state index in [0.717, 1.165) is 5.56 Å². The number of rotatable bonds is 9. The van der Waals surface area contributed by atoms with Crippen LogP contribution in [0.25, 0.3) is 11.0 Å². The molecule has 0 N–H and O–H groups in total. The molecule has 10 heteroatoms. The molecule has 0 fully saturated rings. The highest BCUT2D eigenvalue weighted by Crippen LogP contribution is 2.26. The summed E-state index contributed by atoms with van der Waals surface area (Å²) in [5.74, 6) is 0.0834. The summed E-state index contributed by atoms with van der Waals surface area (Å²) in [6, 6.07) is 15.5. The number of nitrogens with zero attached hydrogens (tertiary/aromatic N) is 6. The van der Waals surface area contributed by atoms with Gasteiger partial charge in [-0.25, -0.2) is 15.0 Å². The summed E-state index contributed by atoms with van der Waals surface area (Å²) in [4.78, 5) is 42.2. The minimum atomic E-state index is -0.599. The first-order valence-electron chi connectivity index (χ1n) is 12.0.